The number of carbonyl (C=O) groups is 1. The molecule has 112 valence electrons. The van der Waals surface area contributed by atoms with E-state index in [1.165, 1.54) is 0 Å². The number of carbonyl (C=O) groups excluding carboxylic acids is 1. The summed E-state index contributed by atoms with van der Waals surface area (Å²) in [6.07, 6.45) is 0. The largest absolute Gasteiger partial charge is 0.495 e. The molecule has 5 nitrogen and oxygen atoms in total. The van der Waals surface area contributed by atoms with Crippen molar-refractivity contribution >= 4 is 24.2 Å². The van der Waals surface area contributed by atoms with E-state index in [2.05, 4.69) is 5.32 Å². The summed E-state index contributed by atoms with van der Waals surface area (Å²) in [6, 6.07) is 3.79. The van der Waals surface area contributed by atoms with E-state index >= 15 is 0 Å². The lowest BCUT2D eigenvalue weighted by atomic mass is 9.75. The van der Waals surface area contributed by atoms with E-state index < -0.39 is 7.12 Å². The molecule has 0 unspecified atom stereocenters. The van der Waals surface area contributed by atoms with Gasteiger partial charge in [-0.3, -0.25) is 4.79 Å². The number of benzene rings is 1. The van der Waals surface area contributed by atoms with Crippen LogP contribution in [0.25, 0.3) is 0 Å². The lowest BCUT2D eigenvalue weighted by Gasteiger charge is -2.32. The van der Waals surface area contributed by atoms with E-state index in [1.807, 2.05) is 46.8 Å². The van der Waals surface area contributed by atoms with E-state index in [4.69, 9.17) is 14.0 Å². The Hall–Kier alpha value is -1.53. The Morgan fingerprint density at radius 3 is 2.38 bits per heavy atom. The third-order valence-electron chi connectivity index (χ3n) is 4.60. The molecule has 0 radical (unpaired) electrons. The van der Waals surface area contributed by atoms with Crippen LogP contribution < -0.4 is 15.5 Å². The molecule has 1 N–H and O–H groups in total. The maximum absolute atomic E-state index is 11.5. The molecule has 1 aromatic rings. The summed E-state index contributed by atoms with van der Waals surface area (Å²) in [5.74, 6) is 0.545. The highest BCUT2D eigenvalue weighted by atomic mass is 16.7. The van der Waals surface area contributed by atoms with Gasteiger partial charge < -0.3 is 19.4 Å². The van der Waals surface area contributed by atoms with Gasteiger partial charge in [-0.1, -0.05) is 6.07 Å². The van der Waals surface area contributed by atoms with Gasteiger partial charge in [-0.2, -0.15) is 0 Å². The van der Waals surface area contributed by atoms with Crippen molar-refractivity contribution in [1.29, 1.82) is 0 Å². The molecule has 1 fully saturated rings. The van der Waals surface area contributed by atoms with Crippen molar-refractivity contribution < 1.29 is 18.8 Å². The van der Waals surface area contributed by atoms with Crippen molar-refractivity contribution in [2.24, 2.45) is 0 Å². The van der Waals surface area contributed by atoms with Crippen molar-refractivity contribution in [1.82, 2.24) is 0 Å². The first kappa shape index (κ1) is 14.4. The predicted octanol–water partition coefficient (Wildman–Crippen LogP) is 1.63. The Bertz CT molecular complexity index is 596. The molecule has 2 aliphatic heterocycles. The number of rotatable bonds is 1. The van der Waals surface area contributed by atoms with Crippen molar-refractivity contribution in [2.45, 2.75) is 45.8 Å². The zero-order valence-electron chi connectivity index (χ0n) is 13.1. The minimum atomic E-state index is -0.445. The molecule has 1 saturated heterocycles. The Labute approximate surface area is 125 Å². The fraction of sp³-hybridized carbons (Fsp3) is 0.533. The minimum Gasteiger partial charge on any atom is -0.482 e. The van der Waals surface area contributed by atoms with Crippen LogP contribution in [0.3, 0.4) is 0 Å². The lowest BCUT2D eigenvalue weighted by Crippen LogP contribution is -2.41. The first-order valence-corrected chi connectivity index (χ1v) is 7.13. The molecule has 2 aliphatic rings. The van der Waals surface area contributed by atoms with Gasteiger partial charge in [0.15, 0.2) is 6.61 Å². The SMILES string of the molecule is Cc1c(B2OC(C)(C)C(C)(C)O2)ccc2c1NC(=O)CO2. The van der Waals surface area contributed by atoms with Crippen molar-refractivity contribution in [3.8, 4) is 5.75 Å². The van der Waals surface area contributed by atoms with E-state index in [0.717, 1.165) is 11.0 Å². The highest BCUT2D eigenvalue weighted by Gasteiger charge is 2.52. The Morgan fingerprint density at radius 1 is 1.14 bits per heavy atom. The molecule has 0 spiro atoms. The van der Waals surface area contributed by atoms with E-state index in [0.29, 0.717) is 11.4 Å². The van der Waals surface area contributed by atoms with Gasteiger partial charge in [-0.15, -0.1) is 0 Å². The summed E-state index contributed by atoms with van der Waals surface area (Å²) in [6.45, 7) is 10.1. The normalized spacial score (nSPS) is 22.5. The lowest BCUT2D eigenvalue weighted by molar-refractivity contribution is -0.118. The Morgan fingerprint density at radius 2 is 1.76 bits per heavy atom. The maximum atomic E-state index is 11.5. The van der Waals surface area contributed by atoms with Gasteiger partial charge in [-0.25, -0.2) is 0 Å². The molecule has 1 amide bonds. The zero-order valence-corrected chi connectivity index (χ0v) is 13.1. The van der Waals surface area contributed by atoms with Crippen LogP contribution in [0.5, 0.6) is 5.75 Å². The van der Waals surface area contributed by atoms with Gasteiger partial charge in [-0.05, 0) is 51.7 Å². The first-order valence-electron chi connectivity index (χ1n) is 7.13. The summed E-state index contributed by atoms with van der Waals surface area (Å²) >= 11 is 0. The number of ether oxygens (including phenoxy) is 1. The third kappa shape index (κ3) is 2.22. The van der Waals surface area contributed by atoms with Gasteiger partial charge in [0.2, 0.25) is 0 Å². The number of amides is 1. The average molecular weight is 289 g/mol. The van der Waals surface area contributed by atoms with Gasteiger partial charge >= 0.3 is 7.12 Å². The van der Waals surface area contributed by atoms with Crippen molar-refractivity contribution in [3.63, 3.8) is 0 Å². The van der Waals surface area contributed by atoms with Gasteiger partial charge in [0.05, 0.1) is 16.9 Å². The molecule has 21 heavy (non-hydrogen) atoms. The molecular weight excluding hydrogens is 269 g/mol. The zero-order chi connectivity index (χ0) is 15.4. The summed E-state index contributed by atoms with van der Waals surface area (Å²) in [4.78, 5) is 11.5. The van der Waals surface area contributed by atoms with Crippen LogP contribution in [-0.2, 0) is 14.1 Å². The van der Waals surface area contributed by atoms with Gasteiger partial charge in [0.1, 0.15) is 5.75 Å². The van der Waals surface area contributed by atoms with Crippen LogP contribution in [-0.4, -0.2) is 30.8 Å². The molecular formula is C15H20BNO4. The average Bonchev–Trinajstić information content (AvgIpc) is 2.59. The molecule has 3 rings (SSSR count). The fourth-order valence-corrected chi connectivity index (χ4v) is 2.52. The molecule has 0 aliphatic carbocycles. The minimum absolute atomic E-state index is 0.0578. The number of hydrogen-bond acceptors (Lipinski definition) is 4. The van der Waals surface area contributed by atoms with Crippen LogP contribution in [0.4, 0.5) is 5.69 Å². The van der Waals surface area contributed by atoms with E-state index in [1.54, 1.807) is 0 Å². The summed E-state index contributed by atoms with van der Waals surface area (Å²) < 4.78 is 17.6. The standard InChI is InChI=1S/C15H20BNO4/c1-9-10(16-20-14(2,3)15(4,5)21-16)6-7-11-13(9)17-12(18)8-19-11/h6-7H,8H2,1-5H3,(H,17,18). The first-order chi connectivity index (χ1) is 9.71. The molecule has 0 bridgehead atoms. The summed E-state index contributed by atoms with van der Waals surface area (Å²) in [5.41, 5.74) is 1.76. The second-order valence-corrected chi connectivity index (χ2v) is 6.58. The molecule has 6 heteroatoms. The number of anilines is 1. The molecule has 0 aromatic heterocycles. The third-order valence-corrected chi connectivity index (χ3v) is 4.60. The van der Waals surface area contributed by atoms with Gasteiger partial charge in [0.25, 0.3) is 5.91 Å². The van der Waals surface area contributed by atoms with Crippen LogP contribution in [0, 0.1) is 6.92 Å². The Balaban J connectivity index is 1.98. The van der Waals surface area contributed by atoms with E-state index in [-0.39, 0.29) is 23.7 Å². The second kappa shape index (κ2) is 4.48. The monoisotopic (exact) mass is 289 g/mol. The maximum Gasteiger partial charge on any atom is 0.495 e. The predicted molar refractivity (Wildman–Crippen MR) is 81.0 cm³/mol. The van der Waals surface area contributed by atoms with Crippen molar-refractivity contribution in [2.75, 3.05) is 11.9 Å². The number of hydrogen-bond donors (Lipinski definition) is 1. The molecule has 0 atom stereocenters. The summed E-state index contributed by atoms with van der Waals surface area (Å²) in [5, 5.41) is 2.86. The second-order valence-electron chi connectivity index (χ2n) is 6.58. The summed E-state index contributed by atoms with van der Waals surface area (Å²) in [7, 11) is -0.445. The highest BCUT2D eigenvalue weighted by Crippen LogP contribution is 2.38. The molecule has 0 saturated carbocycles. The quantitative estimate of drug-likeness (QED) is 0.798. The number of nitrogens with one attached hydrogen (secondary N) is 1. The topological polar surface area (TPSA) is 56.8 Å². The van der Waals surface area contributed by atoms with Crippen LogP contribution in [0.2, 0.25) is 0 Å². The fourth-order valence-electron chi connectivity index (χ4n) is 2.52. The van der Waals surface area contributed by atoms with Gasteiger partial charge in [0, 0.05) is 0 Å². The van der Waals surface area contributed by atoms with Crippen LogP contribution in [0.15, 0.2) is 12.1 Å². The molecule has 1 aromatic carbocycles. The molecule has 2 heterocycles. The smallest absolute Gasteiger partial charge is 0.482 e. The number of fused-ring (bicyclic) bond motifs is 1. The van der Waals surface area contributed by atoms with Crippen LogP contribution in [0.1, 0.15) is 33.3 Å². The van der Waals surface area contributed by atoms with Crippen molar-refractivity contribution in [3.05, 3.63) is 17.7 Å². The Kier molecular flexibility index (Phi) is 3.08. The van der Waals surface area contributed by atoms with E-state index in [9.17, 15) is 4.79 Å². The highest BCUT2D eigenvalue weighted by molar-refractivity contribution is 6.62. The van der Waals surface area contributed by atoms with Crippen LogP contribution >= 0.6 is 0 Å².